The Morgan fingerprint density at radius 3 is 2.69 bits per heavy atom. The second-order valence-corrected chi connectivity index (χ2v) is 4.72. The number of halogens is 1. The molecule has 0 atom stereocenters. The van der Waals surface area contributed by atoms with Crippen molar-refractivity contribution in [3.63, 3.8) is 0 Å². The number of hydrogen-bond acceptors (Lipinski definition) is 2. The third-order valence-electron chi connectivity index (χ3n) is 2.55. The molecule has 16 heavy (non-hydrogen) atoms. The number of alkyl halides is 1. The molecule has 0 spiro atoms. The van der Waals surface area contributed by atoms with Gasteiger partial charge in [-0.3, -0.25) is 0 Å². The Kier molecular flexibility index (Phi) is 3.52. The van der Waals surface area contributed by atoms with E-state index in [0.717, 1.165) is 16.2 Å². The SMILES string of the molecule is COc1c(CCl)csc1-c1ccccc1C. The van der Waals surface area contributed by atoms with Crippen molar-refractivity contribution in [1.82, 2.24) is 0 Å². The molecule has 0 amide bonds. The van der Waals surface area contributed by atoms with Crippen LogP contribution in [0, 0.1) is 6.92 Å². The van der Waals surface area contributed by atoms with Crippen LogP contribution in [-0.4, -0.2) is 7.11 Å². The van der Waals surface area contributed by atoms with Crippen molar-refractivity contribution in [3.8, 4) is 16.2 Å². The fourth-order valence-corrected chi connectivity index (χ4v) is 3.13. The topological polar surface area (TPSA) is 9.23 Å². The van der Waals surface area contributed by atoms with Crippen LogP contribution in [0.3, 0.4) is 0 Å². The molecule has 1 nitrogen and oxygen atoms in total. The molecule has 2 rings (SSSR count). The minimum Gasteiger partial charge on any atom is -0.495 e. The average Bonchev–Trinajstić information content (AvgIpc) is 2.72. The molecule has 2 aromatic rings. The smallest absolute Gasteiger partial charge is 0.141 e. The summed E-state index contributed by atoms with van der Waals surface area (Å²) in [6, 6.07) is 8.31. The van der Waals surface area contributed by atoms with Crippen molar-refractivity contribution in [3.05, 3.63) is 40.8 Å². The molecule has 0 aliphatic heterocycles. The van der Waals surface area contributed by atoms with Gasteiger partial charge in [0, 0.05) is 5.56 Å². The fourth-order valence-electron chi connectivity index (χ4n) is 1.71. The van der Waals surface area contributed by atoms with Crippen LogP contribution in [0.4, 0.5) is 0 Å². The van der Waals surface area contributed by atoms with Crippen molar-refractivity contribution >= 4 is 22.9 Å². The first kappa shape index (κ1) is 11.5. The summed E-state index contributed by atoms with van der Waals surface area (Å²) < 4.78 is 5.44. The highest BCUT2D eigenvalue weighted by molar-refractivity contribution is 7.14. The summed E-state index contributed by atoms with van der Waals surface area (Å²) in [5, 5.41) is 2.06. The van der Waals surface area contributed by atoms with Gasteiger partial charge in [0.1, 0.15) is 5.75 Å². The Bertz CT molecular complexity index is 490. The van der Waals surface area contributed by atoms with E-state index in [1.807, 2.05) is 12.1 Å². The largest absolute Gasteiger partial charge is 0.495 e. The molecule has 0 N–H and O–H groups in total. The molecule has 1 aromatic heterocycles. The number of benzene rings is 1. The summed E-state index contributed by atoms with van der Waals surface area (Å²) in [4.78, 5) is 1.16. The van der Waals surface area contributed by atoms with Gasteiger partial charge >= 0.3 is 0 Å². The van der Waals surface area contributed by atoms with Gasteiger partial charge in [0.15, 0.2) is 0 Å². The Hall–Kier alpha value is -0.990. The van der Waals surface area contributed by atoms with E-state index < -0.39 is 0 Å². The van der Waals surface area contributed by atoms with Gasteiger partial charge in [-0.05, 0) is 23.4 Å². The summed E-state index contributed by atoms with van der Waals surface area (Å²) in [7, 11) is 1.69. The third-order valence-corrected chi connectivity index (χ3v) is 3.89. The molecule has 0 aliphatic rings. The van der Waals surface area contributed by atoms with Crippen molar-refractivity contribution < 1.29 is 4.74 Å². The number of rotatable bonds is 3. The molecule has 0 saturated carbocycles. The minimum absolute atomic E-state index is 0.492. The van der Waals surface area contributed by atoms with E-state index in [4.69, 9.17) is 16.3 Å². The van der Waals surface area contributed by atoms with Gasteiger partial charge in [-0.25, -0.2) is 0 Å². The maximum atomic E-state index is 5.88. The summed E-state index contributed by atoms with van der Waals surface area (Å²) >= 11 is 7.56. The van der Waals surface area contributed by atoms with Crippen LogP contribution in [-0.2, 0) is 5.88 Å². The first-order chi connectivity index (χ1) is 7.77. The molecular formula is C13H13ClOS. The van der Waals surface area contributed by atoms with Gasteiger partial charge in [0.05, 0.1) is 17.9 Å². The first-order valence-corrected chi connectivity index (χ1v) is 6.45. The lowest BCUT2D eigenvalue weighted by Crippen LogP contribution is -1.88. The van der Waals surface area contributed by atoms with E-state index >= 15 is 0 Å². The molecule has 0 aliphatic carbocycles. The van der Waals surface area contributed by atoms with Gasteiger partial charge in [-0.2, -0.15) is 0 Å². The molecule has 0 radical (unpaired) electrons. The molecule has 0 unspecified atom stereocenters. The van der Waals surface area contributed by atoms with E-state index in [2.05, 4.69) is 24.4 Å². The van der Waals surface area contributed by atoms with Crippen molar-refractivity contribution in [2.75, 3.05) is 7.11 Å². The zero-order chi connectivity index (χ0) is 11.5. The standard InChI is InChI=1S/C13H13ClOS/c1-9-5-3-4-6-11(9)13-12(15-2)10(7-14)8-16-13/h3-6,8H,7H2,1-2H3. The molecule has 0 bridgehead atoms. The highest BCUT2D eigenvalue weighted by atomic mass is 35.5. The summed E-state index contributed by atoms with van der Waals surface area (Å²) in [5.41, 5.74) is 3.54. The Balaban J connectivity index is 2.56. The molecule has 84 valence electrons. The maximum Gasteiger partial charge on any atom is 0.141 e. The monoisotopic (exact) mass is 252 g/mol. The van der Waals surface area contributed by atoms with E-state index in [9.17, 15) is 0 Å². The van der Waals surface area contributed by atoms with Gasteiger partial charge in [-0.1, -0.05) is 24.3 Å². The second-order valence-electron chi connectivity index (χ2n) is 3.57. The van der Waals surface area contributed by atoms with Crippen molar-refractivity contribution in [2.45, 2.75) is 12.8 Å². The van der Waals surface area contributed by atoms with Gasteiger partial charge in [0.25, 0.3) is 0 Å². The number of aryl methyl sites for hydroxylation is 1. The van der Waals surface area contributed by atoms with E-state index in [1.54, 1.807) is 18.4 Å². The Labute approximate surface area is 105 Å². The highest BCUT2D eigenvalue weighted by Gasteiger charge is 2.14. The van der Waals surface area contributed by atoms with Crippen LogP contribution >= 0.6 is 22.9 Å². The Morgan fingerprint density at radius 1 is 1.31 bits per heavy atom. The lowest BCUT2D eigenvalue weighted by atomic mass is 10.1. The summed E-state index contributed by atoms with van der Waals surface area (Å²) in [6.07, 6.45) is 0. The van der Waals surface area contributed by atoms with Gasteiger partial charge in [0.2, 0.25) is 0 Å². The van der Waals surface area contributed by atoms with Gasteiger partial charge in [-0.15, -0.1) is 22.9 Å². The number of ether oxygens (including phenoxy) is 1. The van der Waals surface area contributed by atoms with E-state index in [0.29, 0.717) is 5.88 Å². The van der Waals surface area contributed by atoms with E-state index in [-0.39, 0.29) is 0 Å². The number of thiophene rings is 1. The predicted octanol–water partition coefficient (Wildman–Crippen LogP) is 4.47. The maximum absolute atomic E-state index is 5.88. The Morgan fingerprint density at radius 2 is 2.06 bits per heavy atom. The zero-order valence-corrected chi connectivity index (χ0v) is 10.9. The van der Waals surface area contributed by atoms with Crippen molar-refractivity contribution in [2.24, 2.45) is 0 Å². The molecule has 0 saturated heterocycles. The van der Waals surface area contributed by atoms with Gasteiger partial charge < -0.3 is 4.74 Å². The lowest BCUT2D eigenvalue weighted by Gasteiger charge is -2.07. The van der Waals surface area contributed by atoms with E-state index in [1.165, 1.54) is 11.1 Å². The molecule has 0 fully saturated rings. The van der Waals surface area contributed by atoms with Crippen LogP contribution in [0.5, 0.6) is 5.75 Å². The zero-order valence-electron chi connectivity index (χ0n) is 9.29. The highest BCUT2D eigenvalue weighted by Crippen LogP contribution is 2.40. The third kappa shape index (κ3) is 1.95. The van der Waals surface area contributed by atoms with Crippen LogP contribution < -0.4 is 4.74 Å². The van der Waals surface area contributed by atoms with Crippen molar-refractivity contribution in [1.29, 1.82) is 0 Å². The molecule has 3 heteroatoms. The van der Waals surface area contributed by atoms with Crippen LogP contribution in [0.25, 0.3) is 10.4 Å². The van der Waals surface area contributed by atoms with Crippen LogP contribution in [0.2, 0.25) is 0 Å². The predicted molar refractivity (Wildman–Crippen MR) is 70.6 cm³/mol. The normalized spacial score (nSPS) is 10.4. The summed E-state index contributed by atoms with van der Waals surface area (Å²) in [5.74, 6) is 1.40. The van der Waals surface area contributed by atoms with Crippen LogP contribution in [0.15, 0.2) is 29.6 Å². The second kappa shape index (κ2) is 4.89. The summed E-state index contributed by atoms with van der Waals surface area (Å²) in [6.45, 7) is 2.11. The molecule has 1 heterocycles. The molecular weight excluding hydrogens is 240 g/mol. The minimum atomic E-state index is 0.492. The first-order valence-electron chi connectivity index (χ1n) is 5.04. The number of hydrogen-bond donors (Lipinski definition) is 0. The number of methoxy groups -OCH3 is 1. The quantitative estimate of drug-likeness (QED) is 0.733. The molecule has 1 aromatic carbocycles. The lowest BCUT2D eigenvalue weighted by molar-refractivity contribution is 0.415. The average molecular weight is 253 g/mol. The fraction of sp³-hybridized carbons (Fsp3) is 0.231. The van der Waals surface area contributed by atoms with Crippen LogP contribution in [0.1, 0.15) is 11.1 Å².